The van der Waals surface area contributed by atoms with Gasteiger partial charge >= 0.3 is 0 Å². The van der Waals surface area contributed by atoms with Gasteiger partial charge in [-0.05, 0) is 43.1 Å². The van der Waals surface area contributed by atoms with Gasteiger partial charge in [-0.3, -0.25) is 4.79 Å². The molecule has 1 saturated heterocycles. The zero-order valence-corrected chi connectivity index (χ0v) is 17.5. The summed E-state index contributed by atoms with van der Waals surface area (Å²) in [7, 11) is 0. The van der Waals surface area contributed by atoms with E-state index in [1.54, 1.807) is 6.07 Å². The normalized spacial score (nSPS) is 23.7. The molecule has 1 aromatic rings. The van der Waals surface area contributed by atoms with Crippen molar-refractivity contribution in [2.45, 2.75) is 38.6 Å². The minimum atomic E-state index is 0.00304. The molecule has 2 aliphatic rings. The van der Waals surface area contributed by atoms with Crippen LogP contribution in [0.5, 0.6) is 0 Å². The van der Waals surface area contributed by atoms with Crippen LogP contribution in [0.1, 0.15) is 32.6 Å². The summed E-state index contributed by atoms with van der Waals surface area (Å²) in [6.07, 6.45) is 5.14. The molecule has 3 rings (SSSR count). The molecule has 0 bridgehead atoms. The van der Waals surface area contributed by atoms with Crippen molar-refractivity contribution in [1.82, 2.24) is 10.2 Å². The lowest BCUT2D eigenvalue weighted by Crippen LogP contribution is -3.15. The first kappa shape index (κ1) is 20.4. The van der Waals surface area contributed by atoms with E-state index in [-0.39, 0.29) is 5.91 Å². The van der Waals surface area contributed by atoms with Gasteiger partial charge in [0.25, 0.3) is 5.91 Å². The standard InChI is InChI=1S/C20H29ClN4OS/c1-15-6-2-4-8-17(15)23-20(27)25-12-10-24(11-13-25)14-19(26)22-18-9-5-3-7-16(18)21/h3,5,7,9,15,17H,2,4,6,8,10-14H2,1H3,(H,22,26)(H,23,27)/p+1/t15-,17+/m1/s1. The molecule has 1 heterocycles. The lowest BCUT2D eigenvalue weighted by molar-refractivity contribution is -0.895. The van der Waals surface area contributed by atoms with Gasteiger partial charge in [-0.2, -0.15) is 0 Å². The Morgan fingerprint density at radius 1 is 1.26 bits per heavy atom. The molecule has 0 spiro atoms. The number of piperazine rings is 1. The third kappa shape index (κ3) is 5.80. The number of benzene rings is 1. The van der Waals surface area contributed by atoms with E-state index >= 15 is 0 Å². The monoisotopic (exact) mass is 409 g/mol. The minimum absolute atomic E-state index is 0.00304. The highest BCUT2D eigenvalue weighted by Gasteiger charge is 2.27. The number of rotatable bonds is 4. The molecule has 1 aromatic carbocycles. The predicted molar refractivity (Wildman–Crippen MR) is 114 cm³/mol. The maximum absolute atomic E-state index is 12.3. The fourth-order valence-electron chi connectivity index (χ4n) is 3.97. The molecule has 5 nitrogen and oxygen atoms in total. The number of nitrogens with one attached hydrogen (secondary N) is 3. The maximum Gasteiger partial charge on any atom is 0.279 e. The number of carbonyl (C=O) groups excluding carboxylic acids is 1. The molecule has 2 fully saturated rings. The second kappa shape index (κ2) is 9.71. The van der Waals surface area contributed by atoms with Gasteiger partial charge in [-0.25, -0.2) is 0 Å². The first-order valence-electron chi connectivity index (χ1n) is 9.96. The number of amides is 1. The average Bonchev–Trinajstić information content (AvgIpc) is 2.66. The molecule has 0 aromatic heterocycles. The van der Waals surface area contributed by atoms with Crippen molar-refractivity contribution < 1.29 is 9.69 Å². The van der Waals surface area contributed by atoms with E-state index in [1.807, 2.05) is 18.2 Å². The number of anilines is 1. The molecule has 1 aliphatic heterocycles. The number of para-hydroxylation sites is 1. The van der Waals surface area contributed by atoms with Gasteiger partial charge in [-0.1, -0.05) is 43.5 Å². The molecule has 2 atom stereocenters. The van der Waals surface area contributed by atoms with Crippen LogP contribution in [0.4, 0.5) is 5.69 Å². The number of hydrogen-bond acceptors (Lipinski definition) is 2. The van der Waals surface area contributed by atoms with Crippen molar-refractivity contribution in [2.24, 2.45) is 5.92 Å². The van der Waals surface area contributed by atoms with Gasteiger partial charge in [0, 0.05) is 6.04 Å². The third-order valence-corrected chi connectivity index (χ3v) is 6.44. The van der Waals surface area contributed by atoms with Crippen LogP contribution >= 0.6 is 23.8 Å². The Balaban J connectivity index is 1.41. The number of quaternary nitrogens is 1. The van der Waals surface area contributed by atoms with E-state index in [9.17, 15) is 4.79 Å². The van der Waals surface area contributed by atoms with Gasteiger partial charge in [0.15, 0.2) is 11.7 Å². The van der Waals surface area contributed by atoms with E-state index in [1.165, 1.54) is 30.6 Å². The van der Waals surface area contributed by atoms with Crippen LogP contribution in [-0.2, 0) is 4.79 Å². The molecule has 148 valence electrons. The van der Waals surface area contributed by atoms with Crippen molar-refractivity contribution in [3.05, 3.63) is 29.3 Å². The zero-order chi connectivity index (χ0) is 19.2. The molecule has 7 heteroatoms. The van der Waals surface area contributed by atoms with E-state index in [4.69, 9.17) is 23.8 Å². The van der Waals surface area contributed by atoms with Crippen molar-refractivity contribution >= 4 is 40.5 Å². The van der Waals surface area contributed by atoms with Gasteiger partial charge in [0.1, 0.15) is 0 Å². The van der Waals surface area contributed by atoms with Gasteiger partial charge in [0.2, 0.25) is 0 Å². The summed E-state index contributed by atoms with van der Waals surface area (Å²) >= 11 is 11.8. The molecule has 27 heavy (non-hydrogen) atoms. The van der Waals surface area contributed by atoms with Gasteiger partial charge < -0.3 is 20.4 Å². The first-order chi connectivity index (χ1) is 13.0. The van der Waals surface area contributed by atoms with E-state index in [2.05, 4.69) is 22.5 Å². The number of halogens is 1. The van der Waals surface area contributed by atoms with Crippen LogP contribution in [0.2, 0.25) is 5.02 Å². The highest BCUT2D eigenvalue weighted by Crippen LogP contribution is 2.24. The molecule has 0 unspecified atom stereocenters. The summed E-state index contributed by atoms with van der Waals surface area (Å²) in [6, 6.07) is 7.84. The zero-order valence-electron chi connectivity index (χ0n) is 16.0. The number of carbonyl (C=O) groups is 1. The molecule has 0 radical (unpaired) electrons. The Hall–Kier alpha value is -1.37. The number of hydrogen-bond donors (Lipinski definition) is 3. The molecule has 1 saturated carbocycles. The molecule has 1 aliphatic carbocycles. The van der Waals surface area contributed by atoms with Crippen LogP contribution in [0.15, 0.2) is 24.3 Å². The summed E-state index contributed by atoms with van der Waals surface area (Å²) in [5.74, 6) is 0.695. The van der Waals surface area contributed by atoms with E-state index < -0.39 is 0 Å². The van der Waals surface area contributed by atoms with Crippen LogP contribution in [0.25, 0.3) is 0 Å². The second-order valence-corrected chi connectivity index (χ2v) is 8.55. The smallest absolute Gasteiger partial charge is 0.279 e. The van der Waals surface area contributed by atoms with Crippen molar-refractivity contribution in [3.63, 3.8) is 0 Å². The second-order valence-electron chi connectivity index (χ2n) is 7.76. The van der Waals surface area contributed by atoms with Crippen molar-refractivity contribution in [1.29, 1.82) is 0 Å². The van der Waals surface area contributed by atoms with Crippen LogP contribution < -0.4 is 15.5 Å². The topological polar surface area (TPSA) is 48.8 Å². The average molecular weight is 410 g/mol. The van der Waals surface area contributed by atoms with E-state index in [0.29, 0.717) is 29.2 Å². The molecule has 3 N–H and O–H groups in total. The van der Waals surface area contributed by atoms with Gasteiger partial charge in [0.05, 0.1) is 36.9 Å². The van der Waals surface area contributed by atoms with Crippen molar-refractivity contribution in [3.8, 4) is 0 Å². The fourth-order valence-corrected chi connectivity index (χ4v) is 4.48. The molecule has 1 amide bonds. The summed E-state index contributed by atoms with van der Waals surface area (Å²) in [6.45, 7) is 6.39. The van der Waals surface area contributed by atoms with Crippen molar-refractivity contribution in [2.75, 3.05) is 38.0 Å². The summed E-state index contributed by atoms with van der Waals surface area (Å²) in [5.41, 5.74) is 0.675. The Labute approximate surface area is 172 Å². The predicted octanol–water partition coefficient (Wildman–Crippen LogP) is 1.93. The Morgan fingerprint density at radius 3 is 2.67 bits per heavy atom. The summed E-state index contributed by atoms with van der Waals surface area (Å²) in [5, 5.41) is 7.95. The maximum atomic E-state index is 12.3. The first-order valence-corrected chi connectivity index (χ1v) is 10.7. The summed E-state index contributed by atoms with van der Waals surface area (Å²) < 4.78 is 0. The largest absolute Gasteiger partial charge is 0.360 e. The lowest BCUT2D eigenvalue weighted by Gasteiger charge is -2.37. The van der Waals surface area contributed by atoms with Gasteiger partial charge in [-0.15, -0.1) is 0 Å². The SMILES string of the molecule is C[C@@H]1CCCC[C@@H]1NC(=S)N1CC[NH+](CC(=O)Nc2ccccc2Cl)CC1. The summed E-state index contributed by atoms with van der Waals surface area (Å²) in [4.78, 5) is 15.8. The Morgan fingerprint density at radius 2 is 1.96 bits per heavy atom. The molecular weight excluding hydrogens is 380 g/mol. The Bertz CT molecular complexity index is 663. The number of thiocarbonyl (C=S) groups is 1. The van der Waals surface area contributed by atoms with Crippen LogP contribution in [0, 0.1) is 5.92 Å². The van der Waals surface area contributed by atoms with Crippen LogP contribution in [0.3, 0.4) is 0 Å². The number of nitrogens with zero attached hydrogens (tertiary/aromatic N) is 1. The Kier molecular flexibility index (Phi) is 7.33. The molecular formula is C20H30ClN4OS+. The lowest BCUT2D eigenvalue weighted by atomic mass is 9.86. The van der Waals surface area contributed by atoms with E-state index in [0.717, 1.165) is 31.3 Å². The fraction of sp³-hybridized carbons (Fsp3) is 0.600. The quantitative estimate of drug-likeness (QED) is 0.665. The third-order valence-electron chi connectivity index (χ3n) is 5.74. The highest BCUT2D eigenvalue weighted by molar-refractivity contribution is 7.80. The minimum Gasteiger partial charge on any atom is -0.360 e. The van der Waals surface area contributed by atoms with Crippen LogP contribution in [-0.4, -0.2) is 54.7 Å². The highest BCUT2D eigenvalue weighted by atomic mass is 35.5.